The zero-order valence-corrected chi connectivity index (χ0v) is 13.5. The van der Waals surface area contributed by atoms with Crippen molar-refractivity contribution >= 4 is 11.6 Å². The number of benzene rings is 2. The molecule has 0 atom stereocenters. The average molecular weight is 309 g/mol. The Bertz CT molecular complexity index is 680. The molecule has 0 heterocycles. The molecule has 3 N–H and O–H groups in total. The highest BCUT2D eigenvalue weighted by Gasteiger charge is 2.02. The van der Waals surface area contributed by atoms with Gasteiger partial charge in [0.2, 0.25) is 0 Å². The van der Waals surface area contributed by atoms with E-state index in [-0.39, 0.29) is 0 Å². The van der Waals surface area contributed by atoms with Gasteiger partial charge in [-0.05, 0) is 30.2 Å². The molecule has 0 bridgehead atoms. The second kappa shape index (κ2) is 8.63. The van der Waals surface area contributed by atoms with E-state index in [4.69, 9.17) is 10.5 Å². The molecular weight excluding hydrogens is 286 g/mol. The molecule has 0 aliphatic heterocycles. The Labute approximate surface area is 137 Å². The molecule has 2 aromatic rings. The van der Waals surface area contributed by atoms with Crippen LogP contribution in [0.5, 0.6) is 5.75 Å². The Morgan fingerprint density at radius 3 is 2.87 bits per heavy atom. The van der Waals surface area contributed by atoms with Gasteiger partial charge in [-0.3, -0.25) is 0 Å². The Hall–Kier alpha value is -2.75. The number of nitrogens with two attached hydrogens (primary N) is 1. The predicted molar refractivity (Wildman–Crippen MR) is 96.9 cm³/mol. The largest absolute Gasteiger partial charge is 0.489 e. The molecule has 120 valence electrons. The summed E-state index contributed by atoms with van der Waals surface area (Å²) in [5.74, 6) is 1.19. The number of nitrogens with one attached hydrogen (secondary N) is 1. The number of nitrogens with zero attached hydrogens (tertiary/aromatic N) is 1. The van der Waals surface area contributed by atoms with E-state index in [9.17, 15) is 0 Å². The number of ether oxygens (including phenoxy) is 1. The molecule has 0 amide bonds. The summed E-state index contributed by atoms with van der Waals surface area (Å²) in [5, 5.41) is 3.12. The van der Waals surface area contributed by atoms with Gasteiger partial charge >= 0.3 is 0 Å². The third kappa shape index (κ3) is 5.18. The fraction of sp³-hybridized carbons (Fsp3) is 0.211. The number of para-hydroxylation sites is 1. The lowest BCUT2D eigenvalue weighted by atomic mass is 10.1. The van der Waals surface area contributed by atoms with Crippen LogP contribution in [0.25, 0.3) is 0 Å². The van der Waals surface area contributed by atoms with Gasteiger partial charge in [0.15, 0.2) is 5.96 Å². The molecule has 23 heavy (non-hydrogen) atoms. The summed E-state index contributed by atoms with van der Waals surface area (Å²) in [6.07, 6.45) is 2.71. The molecular formula is C19H23N3O. The first-order chi connectivity index (χ1) is 11.2. The van der Waals surface area contributed by atoms with E-state index in [2.05, 4.69) is 35.9 Å². The van der Waals surface area contributed by atoms with Crippen LogP contribution in [0.2, 0.25) is 0 Å². The van der Waals surface area contributed by atoms with Crippen LogP contribution in [0.4, 0.5) is 5.69 Å². The molecule has 0 aliphatic carbocycles. The van der Waals surface area contributed by atoms with Gasteiger partial charge in [0, 0.05) is 11.3 Å². The van der Waals surface area contributed by atoms with Crippen molar-refractivity contribution in [1.29, 1.82) is 0 Å². The Kier molecular flexibility index (Phi) is 6.24. The smallest absolute Gasteiger partial charge is 0.193 e. The van der Waals surface area contributed by atoms with Gasteiger partial charge in [-0.2, -0.15) is 0 Å². The summed E-state index contributed by atoms with van der Waals surface area (Å²) in [6.45, 7) is 6.71. The summed E-state index contributed by atoms with van der Waals surface area (Å²) >= 11 is 0. The molecule has 0 aliphatic rings. The average Bonchev–Trinajstić information content (AvgIpc) is 2.59. The van der Waals surface area contributed by atoms with Gasteiger partial charge in [0.05, 0.1) is 6.54 Å². The van der Waals surface area contributed by atoms with Gasteiger partial charge in [0.25, 0.3) is 0 Å². The van der Waals surface area contributed by atoms with E-state index in [1.54, 1.807) is 6.08 Å². The normalized spacial score (nSPS) is 11.1. The highest BCUT2D eigenvalue weighted by Crippen LogP contribution is 2.19. The second-order valence-electron chi connectivity index (χ2n) is 5.09. The number of anilines is 1. The number of hydrogen-bond acceptors (Lipinski definition) is 2. The van der Waals surface area contributed by atoms with Crippen LogP contribution in [0.15, 0.2) is 66.2 Å². The summed E-state index contributed by atoms with van der Waals surface area (Å²) in [4.78, 5) is 4.39. The molecule has 4 heteroatoms. The van der Waals surface area contributed by atoms with Crippen LogP contribution in [-0.4, -0.2) is 12.6 Å². The molecule has 0 fully saturated rings. The van der Waals surface area contributed by atoms with E-state index in [1.807, 2.05) is 36.4 Å². The van der Waals surface area contributed by atoms with Crippen LogP contribution in [0.3, 0.4) is 0 Å². The molecule has 0 unspecified atom stereocenters. The van der Waals surface area contributed by atoms with E-state index in [0.717, 1.165) is 23.4 Å². The van der Waals surface area contributed by atoms with E-state index < -0.39 is 0 Å². The van der Waals surface area contributed by atoms with Gasteiger partial charge in [0.1, 0.15) is 12.4 Å². The fourth-order valence-corrected chi connectivity index (χ4v) is 2.15. The maximum atomic E-state index is 5.98. The van der Waals surface area contributed by atoms with Gasteiger partial charge in [-0.25, -0.2) is 4.99 Å². The van der Waals surface area contributed by atoms with Crippen molar-refractivity contribution in [3.05, 3.63) is 72.3 Å². The molecule has 2 rings (SSSR count). The van der Waals surface area contributed by atoms with Crippen molar-refractivity contribution in [3.8, 4) is 5.75 Å². The lowest BCUT2D eigenvalue weighted by Crippen LogP contribution is -2.22. The van der Waals surface area contributed by atoms with E-state index in [0.29, 0.717) is 19.1 Å². The summed E-state index contributed by atoms with van der Waals surface area (Å²) < 4.78 is 5.62. The highest BCUT2D eigenvalue weighted by molar-refractivity contribution is 5.92. The monoisotopic (exact) mass is 309 g/mol. The third-order valence-corrected chi connectivity index (χ3v) is 3.36. The highest BCUT2D eigenvalue weighted by atomic mass is 16.5. The summed E-state index contributed by atoms with van der Waals surface area (Å²) in [6, 6.07) is 15.9. The van der Waals surface area contributed by atoms with Crippen LogP contribution in [0, 0.1) is 0 Å². The molecule has 4 nitrogen and oxygen atoms in total. The van der Waals surface area contributed by atoms with Crippen LogP contribution >= 0.6 is 0 Å². The van der Waals surface area contributed by atoms with Gasteiger partial charge < -0.3 is 15.8 Å². The molecule has 2 aromatic carbocycles. The van der Waals surface area contributed by atoms with Crippen LogP contribution < -0.4 is 15.8 Å². The minimum Gasteiger partial charge on any atom is -0.489 e. The SMILES string of the molecule is C=CCOc1ccccc1CN=C(N)Nc1cccc(CC)c1. The number of hydrogen-bond donors (Lipinski definition) is 2. The number of guanidine groups is 1. The minimum absolute atomic E-state index is 0.386. The van der Waals surface area contributed by atoms with Gasteiger partial charge in [-0.1, -0.05) is 49.9 Å². The number of aliphatic imine (C=N–C) groups is 1. The Morgan fingerprint density at radius 1 is 1.26 bits per heavy atom. The Morgan fingerprint density at radius 2 is 2.09 bits per heavy atom. The quantitative estimate of drug-likeness (QED) is 0.465. The standard InChI is InChI=1S/C19H23N3O/c1-3-12-23-18-11-6-5-9-16(18)14-21-19(20)22-17-10-7-8-15(4-2)13-17/h3,5-11,13H,1,4,12,14H2,2H3,(H3,20,21,22). The molecule has 0 saturated heterocycles. The predicted octanol–water partition coefficient (Wildman–Crippen LogP) is 3.74. The van der Waals surface area contributed by atoms with Crippen LogP contribution in [0.1, 0.15) is 18.1 Å². The molecule has 0 aromatic heterocycles. The van der Waals surface area contributed by atoms with Crippen LogP contribution in [-0.2, 0) is 13.0 Å². The maximum absolute atomic E-state index is 5.98. The van der Waals surface area contributed by atoms with Gasteiger partial charge in [-0.15, -0.1) is 0 Å². The van der Waals surface area contributed by atoms with Crippen molar-refractivity contribution in [2.45, 2.75) is 19.9 Å². The minimum atomic E-state index is 0.386. The Balaban J connectivity index is 2.03. The first kappa shape index (κ1) is 16.6. The topological polar surface area (TPSA) is 59.6 Å². The number of aryl methyl sites for hydroxylation is 1. The third-order valence-electron chi connectivity index (χ3n) is 3.36. The van der Waals surface area contributed by atoms with Crippen molar-refractivity contribution in [2.75, 3.05) is 11.9 Å². The second-order valence-corrected chi connectivity index (χ2v) is 5.09. The first-order valence-corrected chi connectivity index (χ1v) is 7.70. The number of rotatable bonds is 7. The van der Waals surface area contributed by atoms with Crippen molar-refractivity contribution in [1.82, 2.24) is 0 Å². The van der Waals surface area contributed by atoms with E-state index >= 15 is 0 Å². The lowest BCUT2D eigenvalue weighted by Gasteiger charge is -2.10. The molecule has 0 spiro atoms. The van der Waals surface area contributed by atoms with Crippen molar-refractivity contribution in [3.63, 3.8) is 0 Å². The maximum Gasteiger partial charge on any atom is 0.193 e. The van der Waals surface area contributed by atoms with Crippen molar-refractivity contribution in [2.24, 2.45) is 10.7 Å². The lowest BCUT2D eigenvalue weighted by molar-refractivity contribution is 0.359. The van der Waals surface area contributed by atoms with E-state index in [1.165, 1.54) is 5.56 Å². The summed E-state index contributed by atoms with van der Waals surface area (Å²) in [7, 11) is 0. The summed E-state index contributed by atoms with van der Waals surface area (Å²) in [5.41, 5.74) is 9.17. The first-order valence-electron chi connectivity index (χ1n) is 7.70. The molecule has 0 radical (unpaired) electrons. The molecule has 0 saturated carbocycles. The zero-order valence-electron chi connectivity index (χ0n) is 13.5. The fourth-order valence-electron chi connectivity index (χ4n) is 2.15. The van der Waals surface area contributed by atoms with Crippen molar-refractivity contribution < 1.29 is 4.74 Å². The zero-order chi connectivity index (χ0) is 16.5.